The summed E-state index contributed by atoms with van der Waals surface area (Å²) in [6, 6.07) is 0.269. The number of phenols is 1. The van der Waals surface area contributed by atoms with Crippen molar-refractivity contribution in [2.75, 3.05) is 6.61 Å². The highest BCUT2D eigenvalue weighted by Crippen LogP contribution is 2.39. The maximum absolute atomic E-state index is 13.8. The summed E-state index contributed by atoms with van der Waals surface area (Å²) in [7, 11) is 0. The van der Waals surface area contributed by atoms with Crippen LogP contribution in [0.4, 0.5) is 10.1 Å². The molecule has 2 atom stereocenters. The quantitative estimate of drug-likeness (QED) is 0.481. The smallest absolute Gasteiger partial charge is 0.342 e. The molecule has 0 saturated heterocycles. The van der Waals surface area contributed by atoms with Crippen LogP contribution < -0.4 is 5.73 Å². The first kappa shape index (κ1) is 19.4. The van der Waals surface area contributed by atoms with Crippen molar-refractivity contribution in [2.45, 2.75) is 19.1 Å². The molecule has 0 amide bonds. The number of nitro groups is 1. The van der Waals surface area contributed by atoms with E-state index >= 15 is 0 Å². The number of phenolic OH excluding ortho intramolecular Hbond substituents is 1. The van der Waals surface area contributed by atoms with Crippen LogP contribution >= 0.6 is 24.0 Å². The Labute approximate surface area is 130 Å². The number of carbonyl (C=O) groups excluding carboxylic acids is 1. The van der Waals surface area contributed by atoms with Gasteiger partial charge in [-0.2, -0.15) is 0 Å². The molecule has 1 unspecified atom stereocenters. The highest BCUT2D eigenvalue weighted by Gasteiger charge is 2.35. The largest absolute Gasteiger partial charge is 0.506 e. The molecular weight excluding hydrogens is 330 g/mol. The third kappa shape index (κ3) is 4.16. The van der Waals surface area contributed by atoms with Crippen LogP contribution in [0.25, 0.3) is 0 Å². The Hall–Kier alpha value is -1.64. The number of esters is 1. The lowest BCUT2D eigenvalue weighted by Crippen LogP contribution is -2.32. The first-order chi connectivity index (χ1) is 9.31. The van der Waals surface area contributed by atoms with E-state index < -0.39 is 40.1 Å². The highest BCUT2D eigenvalue weighted by atomic mass is 35.5. The molecule has 0 aliphatic rings. The molecule has 1 aromatic carbocycles. The van der Waals surface area contributed by atoms with Gasteiger partial charge in [0.15, 0.2) is 0 Å². The van der Waals surface area contributed by atoms with Crippen LogP contribution in [-0.2, 0) is 9.53 Å². The number of rotatable bonds is 5. The summed E-state index contributed by atoms with van der Waals surface area (Å²) < 4.78 is 18.3. The van der Waals surface area contributed by atoms with Gasteiger partial charge in [0, 0.05) is 6.07 Å². The number of halogens is 3. The van der Waals surface area contributed by atoms with E-state index in [1.807, 2.05) is 0 Å². The number of hydrogen-bond acceptors (Lipinski definition) is 6. The van der Waals surface area contributed by atoms with Gasteiger partial charge in [-0.15, -0.1) is 12.4 Å². The summed E-state index contributed by atoms with van der Waals surface area (Å²) in [4.78, 5) is 21.3. The molecule has 10 heteroatoms. The molecule has 0 radical (unpaired) electrons. The molecule has 0 aliphatic carbocycles. The third-order valence-electron chi connectivity index (χ3n) is 2.50. The minimum absolute atomic E-state index is 0. The van der Waals surface area contributed by atoms with E-state index in [2.05, 4.69) is 4.74 Å². The van der Waals surface area contributed by atoms with Crippen molar-refractivity contribution < 1.29 is 24.0 Å². The average Bonchev–Trinajstić information content (AvgIpc) is 2.39. The van der Waals surface area contributed by atoms with Crippen LogP contribution in [0.2, 0.25) is 5.02 Å². The third-order valence-corrected chi connectivity index (χ3v) is 2.81. The van der Waals surface area contributed by atoms with Gasteiger partial charge in [0.05, 0.1) is 28.2 Å². The summed E-state index contributed by atoms with van der Waals surface area (Å²) >= 11 is 5.61. The Morgan fingerprint density at radius 2 is 2.19 bits per heavy atom. The van der Waals surface area contributed by atoms with Crippen molar-refractivity contribution in [2.24, 2.45) is 5.73 Å². The van der Waals surface area contributed by atoms with Crippen molar-refractivity contribution in [1.82, 2.24) is 0 Å². The van der Waals surface area contributed by atoms with Gasteiger partial charge in [-0.25, -0.2) is 9.18 Å². The number of hydrogen-bond donors (Lipinski definition) is 2. The van der Waals surface area contributed by atoms with E-state index in [1.54, 1.807) is 0 Å². The summed E-state index contributed by atoms with van der Waals surface area (Å²) in [5.74, 6) is -2.01. The lowest BCUT2D eigenvalue weighted by atomic mass is 10.00. The topological polar surface area (TPSA) is 116 Å². The summed E-state index contributed by atoms with van der Waals surface area (Å²) in [5, 5.41) is 20.3. The average molecular weight is 343 g/mol. The predicted molar refractivity (Wildman–Crippen MR) is 75.5 cm³/mol. The van der Waals surface area contributed by atoms with Crippen LogP contribution in [0.1, 0.15) is 18.5 Å². The van der Waals surface area contributed by atoms with E-state index in [9.17, 15) is 24.4 Å². The Morgan fingerprint density at radius 3 is 2.67 bits per heavy atom. The molecule has 0 bridgehead atoms. The van der Waals surface area contributed by atoms with Crippen LogP contribution in [0.5, 0.6) is 5.75 Å². The molecule has 0 aliphatic heterocycles. The Balaban J connectivity index is 0.00000400. The van der Waals surface area contributed by atoms with Gasteiger partial charge in [0.1, 0.15) is 5.75 Å². The zero-order valence-corrected chi connectivity index (χ0v) is 12.4. The van der Waals surface area contributed by atoms with E-state index in [1.165, 1.54) is 6.92 Å². The van der Waals surface area contributed by atoms with Gasteiger partial charge in [-0.3, -0.25) is 10.1 Å². The Morgan fingerprint density at radius 1 is 1.62 bits per heavy atom. The number of nitrogens with two attached hydrogens (primary N) is 1. The molecule has 1 rings (SSSR count). The molecule has 118 valence electrons. The standard InChI is InChI=1S/C11H12ClFN2O5.ClH/c1-2-20-11(17)8(13)9(14)7-6(15(18)19)4-3-5(12)10(7)16;/h3-4,8-9,16H,2,14H2,1H3;1H/t8?,9-;/m0./s1. The molecule has 3 N–H and O–H groups in total. The fourth-order valence-electron chi connectivity index (χ4n) is 1.57. The summed E-state index contributed by atoms with van der Waals surface area (Å²) in [6.45, 7) is 1.39. The number of carbonyl (C=O) groups is 1. The monoisotopic (exact) mass is 342 g/mol. The van der Waals surface area contributed by atoms with Crippen LogP contribution in [0.3, 0.4) is 0 Å². The Kier molecular flexibility index (Phi) is 7.34. The molecule has 7 nitrogen and oxygen atoms in total. The summed E-state index contributed by atoms with van der Waals surface area (Å²) in [5.41, 5.74) is 4.29. The van der Waals surface area contributed by atoms with Crippen LogP contribution in [0, 0.1) is 10.1 Å². The Bertz CT molecular complexity index is 544. The van der Waals surface area contributed by atoms with E-state index in [0.717, 1.165) is 12.1 Å². The van der Waals surface area contributed by atoms with Crippen molar-refractivity contribution in [3.05, 3.63) is 32.8 Å². The fraction of sp³-hybridized carbons (Fsp3) is 0.364. The van der Waals surface area contributed by atoms with Gasteiger partial charge in [0.25, 0.3) is 5.69 Å². The normalized spacial score (nSPS) is 13.0. The number of aromatic hydroxyl groups is 1. The van der Waals surface area contributed by atoms with Crippen LogP contribution in [0.15, 0.2) is 12.1 Å². The maximum atomic E-state index is 13.8. The van der Waals surface area contributed by atoms with Crippen molar-refractivity contribution in [3.8, 4) is 5.75 Å². The number of nitro benzene ring substituents is 1. The molecule has 0 spiro atoms. The lowest BCUT2D eigenvalue weighted by molar-refractivity contribution is -0.385. The molecule has 0 saturated carbocycles. The van der Waals surface area contributed by atoms with Crippen molar-refractivity contribution in [1.29, 1.82) is 0 Å². The van der Waals surface area contributed by atoms with Gasteiger partial charge < -0.3 is 15.6 Å². The number of benzene rings is 1. The first-order valence-electron chi connectivity index (χ1n) is 5.53. The number of ether oxygens (including phenoxy) is 1. The van der Waals surface area contributed by atoms with Crippen LogP contribution in [-0.4, -0.2) is 28.8 Å². The minimum atomic E-state index is -2.36. The lowest BCUT2D eigenvalue weighted by Gasteiger charge is -2.17. The SMILES string of the molecule is CCOC(=O)C(F)[C@@H](N)c1c([N+](=O)[O-])ccc(Cl)c1O.Cl. The van der Waals surface area contributed by atoms with Gasteiger partial charge in [-0.05, 0) is 13.0 Å². The van der Waals surface area contributed by atoms with Crippen molar-refractivity contribution >= 4 is 35.7 Å². The van der Waals surface area contributed by atoms with Gasteiger partial charge in [0.2, 0.25) is 6.17 Å². The molecule has 21 heavy (non-hydrogen) atoms. The second kappa shape index (κ2) is 7.96. The number of nitrogens with zero attached hydrogens (tertiary/aromatic N) is 1. The predicted octanol–water partition coefficient (Wildman–Crippen LogP) is 2.28. The second-order valence-corrected chi connectivity index (χ2v) is 4.17. The van der Waals surface area contributed by atoms with Gasteiger partial charge in [-0.1, -0.05) is 11.6 Å². The van der Waals surface area contributed by atoms with Crippen molar-refractivity contribution in [3.63, 3.8) is 0 Å². The molecule has 1 aromatic rings. The second-order valence-electron chi connectivity index (χ2n) is 3.77. The molecule has 0 heterocycles. The van der Waals surface area contributed by atoms with E-state index in [-0.39, 0.29) is 24.0 Å². The number of alkyl halides is 1. The van der Waals surface area contributed by atoms with E-state index in [0.29, 0.717) is 0 Å². The molecular formula is C11H13Cl2FN2O5. The zero-order valence-electron chi connectivity index (χ0n) is 10.8. The fourth-order valence-corrected chi connectivity index (χ4v) is 1.74. The maximum Gasteiger partial charge on any atom is 0.342 e. The zero-order chi connectivity index (χ0) is 15.4. The minimum Gasteiger partial charge on any atom is -0.506 e. The highest BCUT2D eigenvalue weighted by molar-refractivity contribution is 6.32. The summed E-state index contributed by atoms with van der Waals surface area (Å²) in [6.07, 6.45) is -2.36. The van der Waals surface area contributed by atoms with E-state index in [4.69, 9.17) is 17.3 Å². The first-order valence-corrected chi connectivity index (χ1v) is 5.91. The molecule has 0 fully saturated rings. The van der Waals surface area contributed by atoms with Gasteiger partial charge >= 0.3 is 5.97 Å². The molecule has 0 aromatic heterocycles.